The predicted molar refractivity (Wildman–Crippen MR) is 86.8 cm³/mol. The third-order valence-corrected chi connectivity index (χ3v) is 3.45. The van der Waals surface area contributed by atoms with Crippen LogP contribution in [0.25, 0.3) is 0 Å². The number of benzene rings is 1. The van der Waals surface area contributed by atoms with Crippen LogP contribution in [0, 0.1) is 12.8 Å². The number of ether oxygens (including phenoxy) is 1. The summed E-state index contributed by atoms with van der Waals surface area (Å²) in [6.45, 7) is 6.84. The first-order valence-electron chi connectivity index (χ1n) is 7.60. The van der Waals surface area contributed by atoms with Crippen LogP contribution in [0.4, 0.5) is 0 Å². The van der Waals surface area contributed by atoms with Crippen LogP contribution in [-0.4, -0.2) is 38.1 Å². The summed E-state index contributed by atoms with van der Waals surface area (Å²) in [4.78, 5) is 24.6. The molecule has 0 unspecified atom stereocenters. The molecule has 2 N–H and O–H groups in total. The Morgan fingerprint density at radius 1 is 1.23 bits per heavy atom. The molecule has 0 saturated carbocycles. The van der Waals surface area contributed by atoms with E-state index < -0.39 is 6.04 Å². The van der Waals surface area contributed by atoms with E-state index in [1.165, 1.54) is 0 Å². The van der Waals surface area contributed by atoms with Gasteiger partial charge in [-0.25, -0.2) is 0 Å². The molecule has 0 fully saturated rings. The fourth-order valence-electron chi connectivity index (χ4n) is 2.12. The Morgan fingerprint density at radius 3 is 2.50 bits per heavy atom. The molecule has 0 spiro atoms. The second-order valence-corrected chi connectivity index (χ2v) is 5.65. The van der Waals surface area contributed by atoms with E-state index in [1.54, 1.807) is 13.2 Å². The van der Waals surface area contributed by atoms with Gasteiger partial charge in [-0.05, 0) is 30.9 Å². The Balaban J connectivity index is 2.66. The van der Waals surface area contributed by atoms with Gasteiger partial charge in [-0.15, -0.1) is 0 Å². The van der Waals surface area contributed by atoms with Crippen LogP contribution in [0.3, 0.4) is 0 Å². The highest BCUT2D eigenvalue weighted by molar-refractivity contribution is 5.98. The Labute approximate surface area is 132 Å². The predicted octanol–water partition coefficient (Wildman–Crippen LogP) is 1.90. The summed E-state index contributed by atoms with van der Waals surface area (Å²) in [6.07, 6.45) is 0.749. The Kier molecular flexibility index (Phi) is 7.60. The monoisotopic (exact) mass is 306 g/mol. The molecule has 0 aliphatic heterocycles. The summed E-state index contributed by atoms with van der Waals surface area (Å²) in [5, 5.41) is 5.67. The van der Waals surface area contributed by atoms with Gasteiger partial charge in [-0.1, -0.05) is 32.0 Å². The van der Waals surface area contributed by atoms with Crippen molar-refractivity contribution in [2.24, 2.45) is 5.92 Å². The van der Waals surface area contributed by atoms with Gasteiger partial charge in [-0.3, -0.25) is 9.59 Å². The highest BCUT2D eigenvalue weighted by Crippen LogP contribution is 2.09. The molecule has 122 valence electrons. The first kappa shape index (κ1) is 18.2. The van der Waals surface area contributed by atoms with Crippen molar-refractivity contribution < 1.29 is 14.3 Å². The Bertz CT molecular complexity index is 500. The molecule has 1 atom stereocenters. The van der Waals surface area contributed by atoms with E-state index in [0.29, 0.717) is 18.7 Å². The SMILES string of the molecule is COCCCNC(=O)[C@@H](NC(=O)c1ccccc1C)C(C)C. The quantitative estimate of drug-likeness (QED) is 0.721. The molecule has 2 amide bonds. The molecule has 0 aliphatic rings. The van der Waals surface area contributed by atoms with Crippen LogP contribution < -0.4 is 10.6 Å². The normalized spacial score (nSPS) is 12.0. The molecule has 0 saturated heterocycles. The molecule has 0 radical (unpaired) electrons. The van der Waals surface area contributed by atoms with Gasteiger partial charge in [0.15, 0.2) is 0 Å². The smallest absolute Gasteiger partial charge is 0.252 e. The van der Waals surface area contributed by atoms with Crippen LogP contribution in [0.5, 0.6) is 0 Å². The lowest BCUT2D eigenvalue weighted by atomic mass is 10.0. The molecule has 5 heteroatoms. The van der Waals surface area contributed by atoms with Gasteiger partial charge in [0.1, 0.15) is 6.04 Å². The third-order valence-electron chi connectivity index (χ3n) is 3.45. The molecule has 0 aliphatic carbocycles. The average molecular weight is 306 g/mol. The van der Waals surface area contributed by atoms with Gasteiger partial charge < -0.3 is 15.4 Å². The van der Waals surface area contributed by atoms with E-state index in [9.17, 15) is 9.59 Å². The minimum atomic E-state index is -0.547. The van der Waals surface area contributed by atoms with Crippen molar-refractivity contribution in [1.82, 2.24) is 10.6 Å². The van der Waals surface area contributed by atoms with Crippen molar-refractivity contribution in [2.45, 2.75) is 33.2 Å². The minimum Gasteiger partial charge on any atom is -0.385 e. The number of methoxy groups -OCH3 is 1. The summed E-state index contributed by atoms with van der Waals surface area (Å²) in [5.74, 6) is -0.368. The van der Waals surface area contributed by atoms with Gasteiger partial charge in [0.05, 0.1) is 0 Å². The highest BCUT2D eigenvalue weighted by Gasteiger charge is 2.24. The molecule has 5 nitrogen and oxygen atoms in total. The van der Waals surface area contributed by atoms with Gasteiger partial charge >= 0.3 is 0 Å². The topological polar surface area (TPSA) is 67.4 Å². The number of carbonyl (C=O) groups excluding carboxylic acids is 2. The molecule has 1 aromatic rings. The second-order valence-electron chi connectivity index (χ2n) is 5.65. The van der Waals surface area contributed by atoms with E-state index in [4.69, 9.17) is 4.74 Å². The van der Waals surface area contributed by atoms with Crippen LogP contribution in [0.2, 0.25) is 0 Å². The molecular weight excluding hydrogens is 280 g/mol. The summed E-state index contributed by atoms with van der Waals surface area (Å²) >= 11 is 0. The van der Waals surface area contributed by atoms with Crippen LogP contribution in [-0.2, 0) is 9.53 Å². The molecule has 0 heterocycles. The van der Waals surface area contributed by atoms with E-state index in [0.717, 1.165) is 12.0 Å². The van der Waals surface area contributed by atoms with Crippen molar-refractivity contribution in [1.29, 1.82) is 0 Å². The average Bonchev–Trinajstić information content (AvgIpc) is 2.49. The summed E-state index contributed by atoms with van der Waals surface area (Å²) in [5.41, 5.74) is 1.49. The van der Waals surface area contributed by atoms with Crippen molar-refractivity contribution in [3.63, 3.8) is 0 Å². The zero-order valence-corrected chi connectivity index (χ0v) is 13.8. The maximum absolute atomic E-state index is 12.3. The van der Waals surface area contributed by atoms with E-state index in [2.05, 4.69) is 10.6 Å². The number of rotatable bonds is 8. The standard InChI is InChI=1S/C17H26N2O3/c1-12(2)15(17(21)18-10-7-11-22-4)19-16(20)14-9-6-5-8-13(14)3/h5-6,8-9,12,15H,7,10-11H2,1-4H3,(H,18,21)(H,19,20)/t15-/m0/s1. The molecule has 1 aromatic carbocycles. The van der Waals surface area contributed by atoms with Gasteiger partial charge in [0.2, 0.25) is 5.91 Å². The Hall–Kier alpha value is -1.88. The number of nitrogens with one attached hydrogen (secondary N) is 2. The van der Waals surface area contributed by atoms with E-state index in [1.807, 2.05) is 39.0 Å². The summed E-state index contributed by atoms with van der Waals surface area (Å²) in [6, 6.07) is 6.79. The summed E-state index contributed by atoms with van der Waals surface area (Å²) in [7, 11) is 1.63. The lowest BCUT2D eigenvalue weighted by Gasteiger charge is -2.22. The van der Waals surface area contributed by atoms with E-state index in [-0.39, 0.29) is 17.7 Å². The molecule has 0 bridgehead atoms. The molecule has 1 rings (SSSR count). The lowest BCUT2D eigenvalue weighted by Crippen LogP contribution is -2.50. The van der Waals surface area contributed by atoms with Gasteiger partial charge in [0.25, 0.3) is 5.91 Å². The van der Waals surface area contributed by atoms with Gasteiger partial charge in [0, 0.05) is 25.8 Å². The largest absolute Gasteiger partial charge is 0.385 e. The van der Waals surface area contributed by atoms with Crippen LogP contribution >= 0.6 is 0 Å². The van der Waals surface area contributed by atoms with Crippen molar-refractivity contribution >= 4 is 11.8 Å². The fraction of sp³-hybridized carbons (Fsp3) is 0.529. The first-order chi connectivity index (χ1) is 10.5. The maximum atomic E-state index is 12.3. The third kappa shape index (κ3) is 5.48. The van der Waals surface area contributed by atoms with Crippen molar-refractivity contribution in [3.05, 3.63) is 35.4 Å². The zero-order chi connectivity index (χ0) is 16.5. The zero-order valence-electron chi connectivity index (χ0n) is 13.8. The number of hydrogen-bond acceptors (Lipinski definition) is 3. The molecule has 22 heavy (non-hydrogen) atoms. The van der Waals surface area contributed by atoms with Crippen LogP contribution in [0.1, 0.15) is 36.2 Å². The lowest BCUT2D eigenvalue weighted by molar-refractivity contribution is -0.123. The summed E-state index contributed by atoms with van der Waals surface area (Å²) < 4.78 is 4.95. The van der Waals surface area contributed by atoms with Gasteiger partial charge in [-0.2, -0.15) is 0 Å². The second kappa shape index (κ2) is 9.20. The van der Waals surface area contributed by atoms with Crippen molar-refractivity contribution in [3.8, 4) is 0 Å². The first-order valence-corrected chi connectivity index (χ1v) is 7.60. The minimum absolute atomic E-state index is 0.00962. The highest BCUT2D eigenvalue weighted by atomic mass is 16.5. The number of hydrogen-bond donors (Lipinski definition) is 2. The van der Waals surface area contributed by atoms with Crippen molar-refractivity contribution in [2.75, 3.05) is 20.3 Å². The molecule has 0 aromatic heterocycles. The maximum Gasteiger partial charge on any atom is 0.252 e. The number of carbonyl (C=O) groups is 2. The van der Waals surface area contributed by atoms with Crippen LogP contribution in [0.15, 0.2) is 24.3 Å². The van der Waals surface area contributed by atoms with E-state index >= 15 is 0 Å². The number of amides is 2. The Morgan fingerprint density at radius 2 is 1.91 bits per heavy atom. The molecular formula is C17H26N2O3. The fourth-order valence-corrected chi connectivity index (χ4v) is 2.12. The number of aryl methyl sites for hydroxylation is 1.